The third-order valence-electron chi connectivity index (χ3n) is 3.63. The number of hydrogen-bond donors (Lipinski definition) is 0. The van der Waals surface area contributed by atoms with E-state index in [0.717, 1.165) is 34.0 Å². The van der Waals surface area contributed by atoms with Crippen LogP contribution in [0.2, 0.25) is 25.7 Å². The number of pyridine rings is 1. The van der Waals surface area contributed by atoms with Crippen molar-refractivity contribution in [1.29, 1.82) is 0 Å². The summed E-state index contributed by atoms with van der Waals surface area (Å²) in [5, 5.41) is 0. The highest BCUT2D eigenvalue weighted by atomic mass is 79.9. The molecule has 0 aliphatic rings. The van der Waals surface area contributed by atoms with Crippen LogP contribution < -0.4 is 0 Å². The Morgan fingerprint density at radius 2 is 2.00 bits per heavy atom. The lowest BCUT2D eigenvalue weighted by molar-refractivity contribution is 0.0869. The first-order valence-electron chi connectivity index (χ1n) is 7.51. The number of halogens is 1. The summed E-state index contributed by atoms with van der Waals surface area (Å²) in [5.41, 5.74) is 3.01. The molecule has 2 aromatic heterocycles. The van der Waals surface area contributed by atoms with Gasteiger partial charge in [-0.3, -0.25) is 4.98 Å². The molecule has 0 unspecified atom stereocenters. The van der Waals surface area contributed by atoms with Gasteiger partial charge in [0.25, 0.3) is 0 Å². The van der Waals surface area contributed by atoms with Gasteiger partial charge >= 0.3 is 0 Å². The molecule has 0 radical (unpaired) electrons. The molecule has 2 heterocycles. The second-order valence-electron chi connectivity index (χ2n) is 6.74. The number of rotatable bonds is 6. The summed E-state index contributed by atoms with van der Waals surface area (Å²) >= 11 is 3.49. The molecular formula is C16H24BrN3OSi. The highest BCUT2D eigenvalue weighted by Gasteiger charge is 2.16. The first kappa shape index (κ1) is 17.4. The standard InChI is InChI=1S/C16H24BrN3OSi/c1-12-13(2)20(11-21-8-9-22(3,4)5)16(19-12)15-10-14(17)6-7-18-15/h6-7,10H,8-9,11H2,1-5H3. The maximum absolute atomic E-state index is 5.90. The van der Waals surface area contributed by atoms with Crippen LogP contribution in [0.15, 0.2) is 22.8 Å². The van der Waals surface area contributed by atoms with E-state index in [9.17, 15) is 0 Å². The van der Waals surface area contributed by atoms with E-state index < -0.39 is 8.07 Å². The highest BCUT2D eigenvalue weighted by molar-refractivity contribution is 9.10. The van der Waals surface area contributed by atoms with Crippen molar-refractivity contribution in [3.63, 3.8) is 0 Å². The molecular weight excluding hydrogens is 358 g/mol. The van der Waals surface area contributed by atoms with Gasteiger partial charge in [-0.15, -0.1) is 0 Å². The smallest absolute Gasteiger partial charge is 0.161 e. The zero-order chi connectivity index (χ0) is 16.3. The van der Waals surface area contributed by atoms with Crippen LogP contribution in [-0.4, -0.2) is 29.2 Å². The number of aromatic nitrogens is 3. The van der Waals surface area contributed by atoms with E-state index in [4.69, 9.17) is 4.74 Å². The fourth-order valence-electron chi connectivity index (χ4n) is 2.07. The Morgan fingerprint density at radius 1 is 1.27 bits per heavy atom. The molecule has 4 nitrogen and oxygen atoms in total. The molecule has 0 aliphatic heterocycles. The molecule has 6 heteroatoms. The van der Waals surface area contributed by atoms with E-state index in [0.29, 0.717) is 6.73 Å². The van der Waals surface area contributed by atoms with Crippen molar-refractivity contribution in [2.75, 3.05) is 6.61 Å². The zero-order valence-electron chi connectivity index (χ0n) is 14.0. The molecule has 22 heavy (non-hydrogen) atoms. The second-order valence-corrected chi connectivity index (χ2v) is 13.3. The van der Waals surface area contributed by atoms with Crippen molar-refractivity contribution in [3.8, 4) is 11.5 Å². The Morgan fingerprint density at radius 3 is 2.64 bits per heavy atom. The van der Waals surface area contributed by atoms with Gasteiger partial charge in [0, 0.05) is 31.0 Å². The topological polar surface area (TPSA) is 39.9 Å². The van der Waals surface area contributed by atoms with Gasteiger partial charge in [0.2, 0.25) is 0 Å². The van der Waals surface area contributed by atoms with Crippen molar-refractivity contribution in [2.45, 2.75) is 46.3 Å². The lowest BCUT2D eigenvalue weighted by Gasteiger charge is -2.16. The van der Waals surface area contributed by atoms with E-state index in [2.05, 4.69) is 57.0 Å². The molecule has 0 saturated heterocycles. The molecule has 0 N–H and O–H groups in total. The van der Waals surface area contributed by atoms with Crippen LogP contribution in [0.5, 0.6) is 0 Å². The fourth-order valence-corrected chi connectivity index (χ4v) is 3.16. The molecule has 0 amide bonds. The predicted octanol–water partition coefficient (Wildman–Crippen LogP) is 4.64. The largest absolute Gasteiger partial charge is 0.361 e. The average Bonchev–Trinajstić information content (AvgIpc) is 2.70. The van der Waals surface area contributed by atoms with Crippen molar-refractivity contribution >= 4 is 24.0 Å². The Hall–Kier alpha value is -0.983. The monoisotopic (exact) mass is 381 g/mol. The number of imidazole rings is 1. The molecule has 120 valence electrons. The number of ether oxygens (including phenoxy) is 1. The average molecular weight is 382 g/mol. The van der Waals surface area contributed by atoms with E-state index >= 15 is 0 Å². The Balaban J connectivity index is 2.17. The molecule has 2 rings (SSSR count). The summed E-state index contributed by atoms with van der Waals surface area (Å²) < 4.78 is 9.01. The summed E-state index contributed by atoms with van der Waals surface area (Å²) in [4.78, 5) is 9.09. The van der Waals surface area contributed by atoms with E-state index in [-0.39, 0.29) is 0 Å². The molecule has 0 saturated carbocycles. The number of nitrogens with zero attached hydrogens (tertiary/aromatic N) is 3. The molecule has 0 spiro atoms. The van der Waals surface area contributed by atoms with Crippen molar-refractivity contribution in [3.05, 3.63) is 34.2 Å². The highest BCUT2D eigenvalue weighted by Crippen LogP contribution is 2.23. The zero-order valence-corrected chi connectivity index (χ0v) is 16.6. The van der Waals surface area contributed by atoms with Crippen molar-refractivity contribution in [1.82, 2.24) is 14.5 Å². The number of hydrogen-bond acceptors (Lipinski definition) is 3. The molecule has 0 atom stereocenters. The van der Waals surface area contributed by atoms with Gasteiger partial charge in [0.05, 0.1) is 5.69 Å². The van der Waals surface area contributed by atoms with Crippen LogP contribution in [0.25, 0.3) is 11.5 Å². The summed E-state index contributed by atoms with van der Waals surface area (Å²) in [6, 6.07) is 5.07. The van der Waals surface area contributed by atoms with Crippen LogP contribution in [0.4, 0.5) is 0 Å². The van der Waals surface area contributed by atoms with E-state index in [1.807, 2.05) is 19.1 Å². The van der Waals surface area contributed by atoms with Crippen LogP contribution in [0.1, 0.15) is 11.4 Å². The third kappa shape index (κ3) is 4.51. The molecule has 0 aliphatic carbocycles. The molecule has 0 fully saturated rings. The lowest BCUT2D eigenvalue weighted by Crippen LogP contribution is -2.22. The minimum Gasteiger partial charge on any atom is -0.361 e. The first-order valence-corrected chi connectivity index (χ1v) is 12.0. The first-order chi connectivity index (χ1) is 10.3. The third-order valence-corrected chi connectivity index (χ3v) is 5.82. The van der Waals surface area contributed by atoms with Gasteiger partial charge in [-0.1, -0.05) is 35.6 Å². The van der Waals surface area contributed by atoms with Crippen LogP contribution in [0.3, 0.4) is 0 Å². The molecule has 0 bridgehead atoms. The normalized spacial score (nSPS) is 11.9. The van der Waals surface area contributed by atoms with Crippen LogP contribution in [-0.2, 0) is 11.5 Å². The SMILES string of the molecule is Cc1nc(-c2cc(Br)ccn2)n(COCC[Si](C)(C)C)c1C. The summed E-state index contributed by atoms with van der Waals surface area (Å²) in [7, 11) is -1.06. The second kappa shape index (κ2) is 7.06. The summed E-state index contributed by atoms with van der Waals surface area (Å²) in [5.74, 6) is 0.865. The van der Waals surface area contributed by atoms with E-state index in [1.54, 1.807) is 6.20 Å². The van der Waals surface area contributed by atoms with Crippen LogP contribution >= 0.6 is 15.9 Å². The molecule has 2 aromatic rings. The van der Waals surface area contributed by atoms with Gasteiger partial charge in [-0.25, -0.2) is 4.98 Å². The Labute approximate surface area is 142 Å². The van der Waals surface area contributed by atoms with Crippen molar-refractivity contribution in [2.24, 2.45) is 0 Å². The Bertz CT molecular complexity index is 649. The maximum atomic E-state index is 5.90. The molecule has 0 aromatic carbocycles. The summed E-state index contributed by atoms with van der Waals surface area (Å²) in [6.07, 6.45) is 1.79. The lowest BCUT2D eigenvalue weighted by atomic mass is 10.3. The van der Waals surface area contributed by atoms with Gasteiger partial charge in [-0.05, 0) is 32.0 Å². The van der Waals surface area contributed by atoms with Gasteiger partial charge in [-0.2, -0.15) is 0 Å². The number of aryl methyl sites for hydroxylation is 1. The maximum Gasteiger partial charge on any atom is 0.161 e. The van der Waals surface area contributed by atoms with Crippen molar-refractivity contribution < 1.29 is 4.74 Å². The summed E-state index contributed by atoms with van der Waals surface area (Å²) in [6.45, 7) is 12.5. The Kier molecular flexibility index (Phi) is 5.58. The van der Waals surface area contributed by atoms with Crippen LogP contribution in [0, 0.1) is 13.8 Å². The fraction of sp³-hybridized carbons (Fsp3) is 0.500. The predicted molar refractivity (Wildman–Crippen MR) is 96.7 cm³/mol. The van der Waals surface area contributed by atoms with E-state index in [1.165, 1.54) is 6.04 Å². The minimum absolute atomic E-state index is 0.528. The quantitative estimate of drug-likeness (QED) is 0.540. The van der Waals surface area contributed by atoms with Gasteiger partial charge < -0.3 is 9.30 Å². The van der Waals surface area contributed by atoms with Gasteiger partial charge in [0.15, 0.2) is 5.82 Å². The van der Waals surface area contributed by atoms with Gasteiger partial charge in [0.1, 0.15) is 12.4 Å². The minimum atomic E-state index is -1.06.